The highest BCUT2D eigenvalue weighted by molar-refractivity contribution is 6.08. The molecule has 0 unspecified atom stereocenters. The van der Waals surface area contributed by atoms with E-state index in [1.54, 1.807) is 0 Å². The molecule has 9 heteroatoms. The Morgan fingerprint density at radius 3 is 2.63 bits per heavy atom. The molecule has 1 aromatic heterocycles. The molecule has 0 aliphatic heterocycles. The summed E-state index contributed by atoms with van der Waals surface area (Å²) < 4.78 is 4.26. The Hall–Kier alpha value is -3.10. The van der Waals surface area contributed by atoms with Gasteiger partial charge in [-0.15, -0.1) is 0 Å². The van der Waals surface area contributed by atoms with Crippen LogP contribution in [0.5, 0.6) is 5.75 Å². The van der Waals surface area contributed by atoms with Crippen molar-refractivity contribution in [3.05, 3.63) is 29.5 Å². The summed E-state index contributed by atoms with van der Waals surface area (Å²) in [4.78, 5) is 22.7. The van der Waals surface area contributed by atoms with E-state index in [1.165, 1.54) is 12.1 Å². The molecule has 0 radical (unpaired) electrons. The molecule has 1 heterocycles. The summed E-state index contributed by atoms with van der Waals surface area (Å²) >= 11 is 0. The number of aromatic hydroxyl groups is 1. The predicted molar refractivity (Wildman–Crippen MR) is 61.7 cm³/mol. The zero-order valence-electron chi connectivity index (χ0n) is 9.32. The molecular formula is C10H8N4O5. The molecule has 0 bridgehead atoms. The van der Waals surface area contributed by atoms with Gasteiger partial charge >= 0.3 is 5.97 Å². The van der Waals surface area contributed by atoms with Gasteiger partial charge in [0.2, 0.25) is 11.5 Å². The van der Waals surface area contributed by atoms with Gasteiger partial charge in [0, 0.05) is 0 Å². The van der Waals surface area contributed by atoms with E-state index in [0.717, 1.165) is 6.07 Å². The molecule has 0 spiro atoms. The van der Waals surface area contributed by atoms with Gasteiger partial charge < -0.3 is 21.3 Å². The predicted octanol–water partition coefficient (Wildman–Crippen LogP) is 0.308. The minimum absolute atomic E-state index is 0.0160. The van der Waals surface area contributed by atoms with E-state index in [0.29, 0.717) is 0 Å². The van der Waals surface area contributed by atoms with E-state index >= 15 is 0 Å². The lowest BCUT2D eigenvalue weighted by Crippen LogP contribution is -2.16. The van der Waals surface area contributed by atoms with Gasteiger partial charge in [0.15, 0.2) is 0 Å². The number of amides is 1. The lowest BCUT2D eigenvalue weighted by atomic mass is 10.1. The molecule has 2 aromatic rings. The van der Waals surface area contributed by atoms with Gasteiger partial charge in [0.25, 0.3) is 5.91 Å². The van der Waals surface area contributed by atoms with E-state index in [4.69, 9.17) is 10.8 Å². The summed E-state index contributed by atoms with van der Waals surface area (Å²) in [5.41, 5.74) is 4.78. The van der Waals surface area contributed by atoms with E-state index in [1.807, 2.05) is 0 Å². The Morgan fingerprint density at radius 1 is 1.32 bits per heavy atom. The van der Waals surface area contributed by atoms with Crippen molar-refractivity contribution in [3.63, 3.8) is 0 Å². The number of anilines is 2. The highest BCUT2D eigenvalue weighted by Crippen LogP contribution is 2.22. The number of aromatic carboxylic acids is 1. The molecule has 0 saturated heterocycles. The number of aromatic nitrogens is 2. The number of carboxylic acid groups (broad SMARTS) is 1. The molecule has 2 rings (SSSR count). The summed E-state index contributed by atoms with van der Waals surface area (Å²) in [5.74, 6) is -2.53. The van der Waals surface area contributed by atoms with Crippen LogP contribution in [0.15, 0.2) is 22.8 Å². The molecule has 0 aliphatic carbocycles. The third kappa shape index (κ3) is 2.44. The second kappa shape index (κ2) is 4.64. The van der Waals surface area contributed by atoms with Gasteiger partial charge in [-0.2, -0.15) is 0 Å². The molecule has 0 aliphatic rings. The van der Waals surface area contributed by atoms with Crippen molar-refractivity contribution in [2.45, 2.75) is 0 Å². The molecule has 98 valence electrons. The van der Waals surface area contributed by atoms with E-state index < -0.39 is 11.9 Å². The molecule has 19 heavy (non-hydrogen) atoms. The minimum atomic E-state index is -1.31. The number of hydrogen-bond donors (Lipinski definition) is 4. The number of carboxylic acids is 1. The maximum absolute atomic E-state index is 11.7. The van der Waals surface area contributed by atoms with Gasteiger partial charge in [-0.25, -0.2) is 9.42 Å². The van der Waals surface area contributed by atoms with E-state index in [-0.39, 0.29) is 28.5 Å². The zero-order chi connectivity index (χ0) is 14.0. The van der Waals surface area contributed by atoms with Gasteiger partial charge in [-0.3, -0.25) is 4.79 Å². The summed E-state index contributed by atoms with van der Waals surface area (Å²) in [5, 5.41) is 27.0. The van der Waals surface area contributed by atoms with Crippen LogP contribution in [-0.4, -0.2) is 32.4 Å². The smallest absolute Gasteiger partial charge is 0.337 e. The van der Waals surface area contributed by atoms with Crippen LogP contribution in [0.4, 0.5) is 11.5 Å². The third-order valence-corrected chi connectivity index (χ3v) is 2.21. The molecule has 1 aromatic carbocycles. The van der Waals surface area contributed by atoms with Gasteiger partial charge in [0.1, 0.15) is 5.75 Å². The maximum atomic E-state index is 11.7. The van der Waals surface area contributed by atoms with E-state index in [9.17, 15) is 14.7 Å². The number of nitrogens with zero attached hydrogens (tertiary/aromatic N) is 2. The van der Waals surface area contributed by atoms with Crippen LogP contribution in [0, 0.1) is 0 Å². The molecule has 0 fully saturated rings. The van der Waals surface area contributed by atoms with Crippen LogP contribution >= 0.6 is 0 Å². The number of carbonyl (C=O) groups excluding carboxylic acids is 1. The summed E-state index contributed by atoms with van der Waals surface area (Å²) in [6.07, 6.45) is 0. The van der Waals surface area contributed by atoms with Crippen molar-refractivity contribution in [1.29, 1.82) is 0 Å². The Kier molecular flexibility index (Phi) is 3.02. The molecule has 9 nitrogen and oxygen atoms in total. The highest BCUT2D eigenvalue weighted by Gasteiger charge is 2.19. The monoisotopic (exact) mass is 264 g/mol. The van der Waals surface area contributed by atoms with Crippen molar-refractivity contribution in [1.82, 2.24) is 10.3 Å². The van der Waals surface area contributed by atoms with Crippen LogP contribution in [0.25, 0.3) is 0 Å². The molecular weight excluding hydrogens is 256 g/mol. The maximum Gasteiger partial charge on any atom is 0.337 e. The third-order valence-electron chi connectivity index (χ3n) is 2.21. The van der Waals surface area contributed by atoms with Crippen LogP contribution in [-0.2, 0) is 0 Å². The number of nitrogens with one attached hydrogen (secondary N) is 1. The lowest BCUT2D eigenvalue weighted by Gasteiger charge is -2.07. The fourth-order valence-electron chi connectivity index (χ4n) is 1.35. The average Bonchev–Trinajstić information content (AvgIpc) is 2.77. The Bertz CT molecular complexity index is 651. The van der Waals surface area contributed by atoms with Crippen molar-refractivity contribution >= 4 is 23.4 Å². The van der Waals surface area contributed by atoms with Gasteiger partial charge in [-0.1, -0.05) is 0 Å². The quantitative estimate of drug-likeness (QED) is 0.578. The van der Waals surface area contributed by atoms with Crippen molar-refractivity contribution in [3.8, 4) is 5.75 Å². The number of phenolic OH excluding ortho intramolecular Hbond substituents is 1. The molecule has 5 N–H and O–H groups in total. The first-order valence-corrected chi connectivity index (χ1v) is 4.94. The number of nitrogen functional groups attached to an aromatic ring is 1. The second-order valence-corrected chi connectivity index (χ2v) is 3.49. The summed E-state index contributed by atoms with van der Waals surface area (Å²) in [7, 11) is 0. The van der Waals surface area contributed by atoms with Gasteiger partial charge in [-0.05, 0) is 28.5 Å². The summed E-state index contributed by atoms with van der Waals surface area (Å²) in [6, 6.07) is 3.47. The van der Waals surface area contributed by atoms with E-state index in [2.05, 4.69) is 20.3 Å². The zero-order valence-corrected chi connectivity index (χ0v) is 9.32. The first-order valence-electron chi connectivity index (χ1n) is 4.94. The number of rotatable bonds is 3. The normalized spacial score (nSPS) is 10.1. The van der Waals surface area contributed by atoms with Crippen LogP contribution in [0.1, 0.15) is 20.8 Å². The Balaban J connectivity index is 2.32. The van der Waals surface area contributed by atoms with Crippen LogP contribution < -0.4 is 11.1 Å². The number of nitrogens with two attached hydrogens (primary N) is 1. The average molecular weight is 264 g/mol. The number of benzene rings is 1. The number of hydrogen-bond acceptors (Lipinski definition) is 7. The first-order chi connectivity index (χ1) is 8.99. The Morgan fingerprint density at radius 2 is 2.05 bits per heavy atom. The van der Waals surface area contributed by atoms with Crippen LogP contribution in [0.2, 0.25) is 0 Å². The van der Waals surface area contributed by atoms with Crippen molar-refractivity contribution < 1.29 is 24.4 Å². The molecule has 0 saturated carbocycles. The summed E-state index contributed by atoms with van der Waals surface area (Å²) in [6.45, 7) is 0. The Labute approximate surface area is 105 Å². The number of phenols is 1. The largest absolute Gasteiger partial charge is 0.508 e. The second-order valence-electron chi connectivity index (χ2n) is 3.49. The topological polar surface area (TPSA) is 152 Å². The highest BCUT2D eigenvalue weighted by atomic mass is 16.6. The van der Waals surface area contributed by atoms with Crippen LogP contribution in [0.3, 0.4) is 0 Å². The number of carbonyl (C=O) groups is 2. The first kappa shape index (κ1) is 12.4. The standard InChI is InChI=1S/C10H8N4O5/c11-8-7(13-19-14-8)9(16)12-6-2-1-4(15)3-5(6)10(17)18/h1-3,15H,(H2,11,14)(H,12,16)(H,17,18). The lowest BCUT2D eigenvalue weighted by molar-refractivity contribution is 0.0697. The molecule has 0 atom stereocenters. The SMILES string of the molecule is Nc1nonc1C(=O)Nc1ccc(O)cc1C(=O)O. The van der Waals surface area contributed by atoms with Crippen molar-refractivity contribution in [2.75, 3.05) is 11.1 Å². The fraction of sp³-hybridized carbons (Fsp3) is 0. The van der Waals surface area contributed by atoms with Crippen molar-refractivity contribution in [2.24, 2.45) is 0 Å². The molecule has 1 amide bonds. The minimum Gasteiger partial charge on any atom is -0.508 e. The fourth-order valence-corrected chi connectivity index (χ4v) is 1.35. The van der Waals surface area contributed by atoms with Gasteiger partial charge in [0.05, 0.1) is 11.3 Å².